The van der Waals surface area contributed by atoms with Crippen molar-refractivity contribution in [2.24, 2.45) is 9.98 Å². The Kier molecular flexibility index (Phi) is 7.91. The summed E-state index contributed by atoms with van der Waals surface area (Å²) in [6, 6.07) is 9.58. The maximum Gasteiger partial charge on any atom is 0.337 e. The molecule has 1 aliphatic heterocycles. The van der Waals surface area contributed by atoms with Gasteiger partial charge in [-0.25, -0.2) is 14.8 Å². The van der Waals surface area contributed by atoms with Crippen LogP contribution in [0.1, 0.15) is 50.6 Å². The van der Waals surface area contributed by atoms with E-state index in [1.54, 1.807) is 20.2 Å². The molecule has 1 aromatic heterocycles. The molecule has 0 radical (unpaired) electrons. The zero-order chi connectivity index (χ0) is 28.6. The molecular weight excluding hydrogens is 516 g/mol. The number of aromatic nitrogens is 1. The number of aliphatic carboxylic acids is 1. The number of ether oxygens (including phenoxy) is 2. The van der Waals surface area contributed by atoms with Gasteiger partial charge < -0.3 is 24.0 Å². The minimum atomic E-state index is -1.23. The van der Waals surface area contributed by atoms with Crippen LogP contribution in [-0.2, 0) is 20.8 Å². The van der Waals surface area contributed by atoms with Gasteiger partial charge in [-0.15, -0.1) is 0 Å². The zero-order valence-electron chi connectivity index (χ0n) is 23.5. The summed E-state index contributed by atoms with van der Waals surface area (Å²) < 4.78 is 13.7. The molecule has 0 spiro atoms. The lowest BCUT2D eigenvalue weighted by atomic mass is 9.87. The van der Waals surface area contributed by atoms with Crippen molar-refractivity contribution in [2.75, 3.05) is 18.6 Å². The van der Waals surface area contributed by atoms with E-state index in [9.17, 15) is 9.90 Å². The Morgan fingerprint density at radius 2 is 1.87 bits per heavy atom. The van der Waals surface area contributed by atoms with E-state index in [4.69, 9.17) is 21.1 Å². The molecule has 0 aliphatic carbocycles. The molecule has 1 atom stereocenters. The van der Waals surface area contributed by atoms with E-state index in [-0.39, 0.29) is 0 Å². The van der Waals surface area contributed by atoms with Crippen LogP contribution in [0.4, 0.5) is 5.69 Å². The third kappa shape index (κ3) is 5.44. The molecule has 0 saturated carbocycles. The normalized spacial score (nSPS) is 15.0. The fraction of sp³-hybridized carbons (Fsp3) is 0.367. The van der Waals surface area contributed by atoms with Crippen molar-refractivity contribution < 1.29 is 19.4 Å². The van der Waals surface area contributed by atoms with Crippen LogP contribution in [-0.4, -0.2) is 47.6 Å². The molecule has 39 heavy (non-hydrogen) atoms. The van der Waals surface area contributed by atoms with E-state index in [0.717, 1.165) is 39.0 Å². The highest BCUT2D eigenvalue weighted by molar-refractivity contribution is 6.30. The number of rotatable bonds is 6. The Bertz CT molecular complexity index is 1500. The summed E-state index contributed by atoms with van der Waals surface area (Å²) in [6.45, 7) is 16.4. The lowest BCUT2D eigenvalue weighted by Gasteiger charge is -2.35. The smallest absolute Gasteiger partial charge is 0.337 e. The van der Waals surface area contributed by atoms with E-state index >= 15 is 0 Å². The molecule has 1 N–H and O–H groups in total. The van der Waals surface area contributed by atoms with Crippen LogP contribution < -0.4 is 4.90 Å². The topological polar surface area (TPSA) is 88.7 Å². The summed E-state index contributed by atoms with van der Waals surface area (Å²) in [4.78, 5) is 23.6. The molecule has 206 valence electrons. The van der Waals surface area contributed by atoms with Crippen molar-refractivity contribution in [1.29, 1.82) is 0 Å². The van der Waals surface area contributed by atoms with Crippen LogP contribution in [0.15, 0.2) is 52.3 Å². The number of aliphatic imine (C=N–C) groups is 2. The van der Waals surface area contributed by atoms with Gasteiger partial charge in [0.2, 0.25) is 5.96 Å². The maximum atomic E-state index is 12.8. The van der Waals surface area contributed by atoms with Crippen LogP contribution >= 0.6 is 11.6 Å². The molecule has 0 unspecified atom stereocenters. The minimum absolute atomic E-state index is 0.398. The van der Waals surface area contributed by atoms with E-state index in [2.05, 4.69) is 34.3 Å². The molecule has 2 heterocycles. The number of carboxylic acid groups (broad SMARTS) is 1. The highest BCUT2D eigenvalue weighted by Gasteiger charge is 2.36. The SMILES string of the molecule is C=NC(=N/C=C(\C)OC)N1CCn2c(C)cc3c(-c4ccc(Cl)cc4)c([C@H](OC(C)(C)C)C(=O)O)c(C)c1c32. The molecule has 9 heteroatoms. The Labute approximate surface area is 234 Å². The van der Waals surface area contributed by atoms with Crippen LogP contribution in [0.5, 0.6) is 0 Å². The first-order chi connectivity index (χ1) is 18.4. The third-order valence-electron chi connectivity index (χ3n) is 6.80. The Hall–Kier alpha value is -3.62. The highest BCUT2D eigenvalue weighted by Crippen LogP contribution is 2.48. The van der Waals surface area contributed by atoms with Crippen molar-refractivity contribution in [3.8, 4) is 11.1 Å². The lowest BCUT2D eigenvalue weighted by Crippen LogP contribution is -2.37. The van der Waals surface area contributed by atoms with E-state index in [1.165, 1.54) is 0 Å². The third-order valence-corrected chi connectivity index (χ3v) is 7.05. The number of hydrogen-bond donors (Lipinski definition) is 1. The second kappa shape index (κ2) is 10.9. The summed E-state index contributed by atoms with van der Waals surface area (Å²) in [5.74, 6) is -0.0463. The number of benzene rings is 2. The van der Waals surface area contributed by atoms with Gasteiger partial charge in [-0.05, 0) is 83.1 Å². The standard InChI is InChI=1S/C30H35ClN4O4/c1-17-15-22-24(20-9-11-21(31)12-10-20)23(27(28(36)37)39-30(4,5)6)19(3)25-26(22)34(17)13-14-35(25)29(32-7)33-16-18(2)38-8/h9-12,15-16,27H,7,13-14H2,1-6,8H3,(H,36,37)/b18-16+,33-29?/t27-/m0/s1. The van der Waals surface area contributed by atoms with Gasteiger partial charge in [-0.2, -0.15) is 0 Å². The summed E-state index contributed by atoms with van der Waals surface area (Å²) in [5.41, 5.74) is 5.19. The number of guanidine groups is 1. The Morgan fingerprint density at radius 3 is 2.44 bits per heavy atom. The number of anilines is 1. The van der Waals surface area contributed by atoms with Gasteiger partial charge >= 0.3 is 5.97 Å². The molecule has 3 aromatic rings. The van der Waals surface area contributed by atoms with Crippen LogP contribution in [0.2, 0.25) is 5.02 Å². The van der Waals surface area contributed by atoms with Gasteiger partial charge in [-0.1, -0.05) is 23.7 Å². The van der Waals surface area contributed by atoms with Crippen molar-refractivity contribution in [1.82, 2.24) is 4.57 Å². The average molecular weight is 551 g/mol. The average Bonchev–Trinajstić information content (AvgIpc) is 3.21. The van der Waals surface area contributed by atoms with E-state index in [1.807, 2.05) is 56.9 Å². The number of nitrogens with zero attached hydrogens (tertiary/aromatic N) is 4. The monoisotopic (exact) mass is 550 g/mol. The van der Waals surface area contributed by atoms with Crippen LogP contribution in [0.25, 0.3) is 22.0 Å². The summed E-state index contributed by atoms with van der Waals surface area (Å²) >= 11 is 6.23. The van der Waals surface area contributed by atoms with E-state index in [0.29, 0.717) is 35.4 Å². The second-order valence-electron chi connectivity index (χ2n) is 10.6. The van der Waals surface area contributed by atoms with Gasteiger partial charge in [-0.3, -0.25) is 0 Å². The molecule has 1 aliphatic rings. The van der Waals surface area contributed by atoms with Gasteiger partial charge in [0.25, 0.3) is 0 Å². The predicted octanol–water partition coefficient (Wildman–Crippen LogP) is 6.90. The number of carbonyl (C=O) groups is 1. The molecule has 0 amide bonds. The maximum absolute atomic E-state index is 12.8. The zero-order valence-corrected chi connectivity index (χ0v) is 24.3. The van der Waals surface area contributed by atoms with Gasteiger partial charge in [0.15, 0.2) is 6.10 Å². The number of hydrogen-bond acceptors (Lipinski definition) is 4. The number of carboxylic acids is 1. The number of aryl methyl sites for hydroxylation is 1. The number of methoxy groups -OCH3 is 1. The van der Waals surface area contributed by atoms with E-state index < -0.39 is 17.7 Å². The minimum Gasteiger partial charge on any atom is -0.500 e. The first-order valence-corrected chi connectivity index (χ1v) is 13.1. The number of allylic oxidation sites excluding steroid dienone is 1. The fourth-order valence-electron chi connectivity index (χ4n) is 5.13. The number of halogens is 1. The van der Waals surface area contributed by atoms with Gasteiger partial charge in [0, 0.05) is 34.8 Å². The van der Waals surface area contributed by atoms with Gasteiger partial charge in [0.1, 0.15) is 5.76 Å². The molecule has 0 saturated heterocycles. The summed E-state index contributed by atoms with van der Waals surface area (Å²) in [5, 5.41) is 12.0. The predicted molar refractivity (Wildman–Crippen MR) is 158 cm³/mol. The quantitative estimate of drug-likeness (QED) is 0.205. The van der Waals surface area contributed by atoms with Crippen molar-refractivity contribution in [3.05, 3.63) is 64.1 Å². The van der Waals surface area contributed by atoms with Crippen molar-refractivity contribution >= 4 is 46.8 Å². The van der Waals surface area contributed by atoms with Crippen molar-refractivity contribution in [3.63, 3.8) is 0 Å². The van der Waals surface area contributed by atoms with Crippen molar-refractivity contribution in [2.45, 2.75) is 59.8 Å². The molecule has 4 rings (SSSR count). The molecule has 8 nitrogen and oxygen atoms in total. The molecule has 0 fully saturated rings. The highest BCUT2D eigenvalue weighted by atomic mass is 35.5. The van der Waals surface area contributed by atoms with Crippen LogP contribution in [0.3, 0.4) is 0 Å². The lowest BCUT2D eigenvalue weighted by molar-refractivity contribution is -0.160. The Morgan fingerprint density at radius 1 is 1.21 bits per heavy atom. The van der Waals surface area contributed by atoms with Gasteiger partial charge in [0.05, 0.1) is 30.1 Å². The molecule has 2 aromatic carbocycles. The fourth-order valence-corrected chi connectivity index (χ4v) is 5.26. The first-order valence-electron chi connectivity index (χ1n) is 12.7. The Balaban J connectivity index is 2.14. The second-order valence-corrected chi connectivity index (χ2v) is 11.0. The largest absolute Gasteiger partial charge is 0.500 e. The van der Waals surface area contributed by atoms with Crippen LogP contribution in [0, 0.1) is 13.8 Å². The summed E-state index contributed by atoms with van der Waals surface area (Å²) in [6.07, 6.45) is 0.373. The molecule has 0 bridgehead atoms. The summed E-state index contributed by atoms with van der Waals surface area (Å²) in [7, 11) is 1.58. The molecular formula is C30H35ClN4O4. The first kappa shape index (κ1) is 28.4.